The molecule has 2 N–H and O–H groups in total. The Labute approximate surface area is 223 Å². The number of rotatable bonds is 8. The molecule has 3 aromatic heterocycles. The molecule has 3 aromatic rings. The Morgan fingerprint density at radius 1 is 1.11 bits per heavy atom. The molecule has 2 fully saturated rings. The van der Waals surface area contributed by atoms with E-state index in [0.717, 1.165) is 28.8 Å². The minimum atomic E-state index is -4.42. The summed E-state index contributed by atoms with van der Waals surface area (Å²) in [5.41, 5.74) is 2.95. The lowest BCUT2D eigenvalue weighted by molar-refractivity contribution is -0.115. The Balaban J connectivity index is 1.51. The molecule has 38 heavy (non-hydrogen) atoms. The molecule has 0 bridgehead atoms. The molecule has 2 aliphatic carbocycles. The summed E-state index contributed by atoms with van der Waals surface area (Å²) < 4.78 is 63.6. The molecule has 0 aliphatic heterocycles. The van der Waals surface area contributed by atoms with Crippen LogP contribution in [0.5, 0.6) is 0 Å². The van der Waals surface area contributed by atoms with Crippen molar-refractivity contribution in [2.45, 2.75) is 75.8 Å². The molecule has 206 valence electrons. The summed E-state index contributed by atoms with van der Waals surface area (Å²) in [5.74, 6) is 0.619. The number of anilines is 2. The lowest BCUT2D eigenvalue weighted by Crippen LogP contribution is -2.38. The molecule has 3 heterocycles. The minimum absolute atomic E-state index is 0.0566. The number of halogens is 3. The van der Waals surface area contributed by atoms with Gasteiger partial charge in [-0.1, -0.05) is 0 Å². The van der Waals surface area contributed by atoms with Crippen LogP contribution >= 0.6 is 11.3 Å². The smallest absolute Gasteiger partial charge is 0.367 e. The summed E-state index contributed by atoms with van der Waals surface area (Å²) in [7, 11) is -3.27. The van der Waals surface area contributed by atoms with E-state index in [4.69, 9.17) is 4.98 Å². The second-order valence-electron chi connectivity index (χ2n) is 10.9. The molecule has 0 unspecified atom stereocenters. The van der Waals surface area contributed by atoms with Crippen LogP contribution in [0.1, 0.15) is 63.3 Å². The number of sulfone groups is 1. The van der Waals surface area contributed by atoms with Gasteiger partial charge >= 0.3 is 6.18 Å². The minimum Gasteiger partial charge on any atom is -0.367 e. The van der Waals surface area contributed by atoms with Crippen LogP contribution in [0.15, 0.2) is 12.3 Å². The molecule has 0 aromatic carbocycles. The van der Waals surface area contributed by atoms with E-state index in [1.807, 2.05) is 6.07 Å². The Morgan fingerprint density at radius 2 is 1.84 bits per heavy atom. The van der Waals surface area contributed by atoms with Crippen molar-refractivity contribution in [3.05, 3.63) is 23.7 Å². The molecule has 0 spiro atoms. The third-order valence-electron chi connectivity index (χ3n) is 7.76. The van der Waals surface area contributed by atoms with Gasteiger partial charge in [-0.25, -0.2) is 18.4 Å². The zero-order valence-corrected chi connectivity index (χ0v) is 23.3. The summed E-state index contributed by atoms with van der Waals surface area (Å²) in [6.45, 7) is 3.98. The lowest BCUT2D eigenvalue weighted by atomic mass is 9.93. The number of hydrogen-bond donors (Lipinski definition) is 2. The maximum atomic E-state index is 12.9. The molecule has 0 radical (unpaired) electrons. The van der Waals surface area contributed by atoms with Gasteiger partial charge < -0.3 is 10.6 Å². The maximum Gasteiger partial charge on any atom is 0.405 e. The van der Waals surface area contributed by atoms with Gasteiger partial charge in [0.2, 0.25) is 5.95 Å². The molecule has 2 saturated carbocycles. The average molecular weight is 569 g/mol. The first-order valence-corrected chi connectivity index (χ1v) is 15.3. The van der Waals surface area contributed by atoms with Gasteiger partial charge in [-0.15, -0.1) is 11.3 Å². The Hall–Kier alpha value is -2.54. The molecule has 0 saturated heterocycles. The molecule has 8 nitrogen and oxygen atoms in total. The second kappa shape index (κ2) is 9.58. The summed E-state index contributed by atoms with van der Waals surface area (Å²) in [4.78, 5) is 18.2. The van der Waals surface area contributed by atoms with Gasteiger partial charge in [0.25, 0.3) is 0 Å². The summed E-state index contributed by atoms with van der Waals surface area (Å²) in [6.07, 6.45) is 2.83. The highest BCUT2D eigenvalue weighted by atomic mass is 32.2. The number of nitrogens with one attached hydrogen (secondary N) is 2. The second-order valence-corrected chi connectivity index (χ2v) is 14.5. The topological polar surface area (TPSA) is 110 Å². The standard InChI is InChI=1S/C25H31F3N6O2S2/c1-13-18(22-33-20-17(37-22)9-10-29-19(20)14-5-6-14)21(34-23(31-13)30-12-25(26,27)28)32-16-8-7-15(11-16)24(2,3)38(4,35)36/h9-10,14-16H,5-8,11-12H2,1-4H3,(H2,30,31,32,34)/t15-,16+/m1/s1. The van der Waals surface area contributed by atoms with Gasteiger partial charge in [-0.2, -0.15) is 18.2 Å². The van der Waals surface area contributed by atoms with Crippen LogP contribution in [0.3, 0.4) is 0 Å². The van der Waals surface area contributed by atoms with Crippen LogP contribution < -0.4 is 10.6 Å². The molecule has 2 aliphatic rings. The predicted octanol–water partition coefficient (Wildman–Crippen LogP) is 5.71. The van der Waals surface area contributed by atoms with Crippen molar-refractivity contribution < 1.29 is 21.6 Å². The van der Waals surface area contributed by atoms with E-state index in [0.29, 0.717) is 47.3 Å². The number of nitrogens with zero attached hydrogens (tertiary/aromatic N) is 4. The van der Waals surface area contributed by atoms with E-state index >= 15 is 0 Å². The summed E-state index contributed by atoms with van der Waals surface area (Å²) >= 11 is 1.48. The molecular weight excluding hydrogens is 537 g/mol. The highest BCUT2D eigenvalue weighted by molar-refractivity contribution is 7.92. The molecule has 2 atom stereocenters. The van der Waals surface area contributed by atoms with Gasteiger partial charge in [0, 0.05) is 24.4 Å². The zero-order chi connectivity index (χ0) is 27.5. The highest BCUT2D eigenvalue weighted by Crippen LogP contribution is 2.45. The van der Waals surface area contributed by atoms with Crippen molar-refractivity contribution in [1.29, 1.82) is 0 Å². The van der Waals surface area contributed by atoms with Crippen molar-refractivity contribution in [3.8, 4) is 10.6 Å². The number of hydrogen-bond acceptors (Lipinski definition) is 9. The largest absolute Gasteiger partial charge is 0.405 e. The van der Waals surface area contributed by atoms with Crippen LogP contribution in [0.2, 0.25) is 0 Å². The number of alkyl halides is 3. The van der Waals surface area contributed by atoms with Crippen molar-refractivity contribution in [2.24, 2.45) is 5.92 Å². The van der Waals surface area contributed by atoms with Gasteiger partial charge in [0.1, 0.15) is 22.9 Å². The van der Waals surface area contributed by atoms with Crippen LogP contribution in [-0.4, -0.2) is 58.1 Å². The van der Waals surface area contributed by atoms with Gasteiger partial charge in [0.05, 0.1) is 26.4 Å². The van der Waals surface area contributed by atoms with Gasteiger partial charge in [0.15, 0.2) is 9.84 Å². The number of thiazole rings is 1. The van der Waals surface area contributed by atoms with E-state index in [2.05, 4.69) is 25.6 Å². The fourth-order valence-corrected chi connectivity index (χ4v) is 6.96. The van der Waals surface area contributed by atoms with E-state index in [1.165, 1.54) is 17.6 Å². The maximum absolute atomic E-state index is 12.9. The third-order valence-corrected chi connectivity index (χ3v) is 11.0. The van der Waals surface area contributed by atoms with Crippen molar-refractivity contribution >= 4 is 43.2 Å². The summed E-state index contributed by atoms with van der Waals surface area (Å²) in [6, 6.07) is 1.82. The zero-order valence-electron chi connectivity index (χ0n) is 21.7. The fourth-order valence-electron chi connectivity index (χ4n) is 5.07. The van der Waals surface area contributed by atoms with E-state index < -0.39 is 27.3 Å². The predicted molar refractivity (Wildman–Crippen MR) is 143 cm³/mol. The van der Waals surface area contributed by atoms with Crippen molar-refractivity contribution in [3.63, 3.8) is 0 Å². The quantitative estimate of drug-likeness (QED) is 0.356. The fraction of sp³-hybridized carbons (Fsp3) is 0.600. The molecule has 5 rings (SSSR count). The first kappa shape index (κ1) is 27.0. The highest BCUT2D eigenvalue weighted by Gasteiger charge is 2.43. The number of pyridine rings is 1. The monoisotopic (exact) mass is 568 g/mol. The molecular formula is C25H31F3N6O2S2. The van der Waals surface area contributed by atoms with Gasteiger partial charge in [-0.3, -0.25) is 4.98 Å². The average Bonchev–Trinajstić information content (AvgIpc) is 3.38. The third kappa shape index (κ3) is 5.45. The number of aromatic nitrogens is 4. The van der Waals surface area contributed by atoms with Crippen LogP contribution in [0.4, 0.5) is 24.9 Å². The van der Waals surface area contributed by atoms with E-state index in [1.54, 1.807) is 27.0 Å². The summed E-state index contributed by atoms with van der Waals surface area (Å²) in [5, 5.41) is 6.38. The van der Waals surface area contributed by atoms with Crippen molar-refractivity contribution in [2.75, 3.05) is 23.4 Å². The van der Waals surface area contributed by atoms with Crippen LogP contribution in [0.25, 0.3) is 20.8 Å². The Morgan fingerprint density at radius 3 is 2.50 bits per heavy atom. The van der Waals surface area contributed by atoms with E-state index in [9.17, 15) is 21.6 Å². The Kier molecular flexibility index (Phi) is 6.82. The number of aryl methyl sites for hydroxylation is 1. The van der Waals surface area contributed by atoms with E-state index in [-0.39, 0.29) is 17.9 Å². The Bertz CT molecular complexity index is 1470. The lowest BCUT2D eigenvalue weighted by Gasteiger charge is -2.30. The normalized spacial score (nSPS) is 20.7. The van der Waals surface area contributed by atoms with Gasteiger partial charge in [-0.05, 0) is 64.9 Å². The molecule has 0 amide bonds. The van der Waals surface area contributed by atoms with Crippen molar-refractivity contribution in [1.82, 2.24) is 19.9 Å². The SMILES string of the molecule is Cc1nc(NCC(F)(F)F)nc(N[C@H]2CC[C@@H](C(C)(C)S(C)(=O)=O)C2)c1-c1nc2c(C3CC3)nccc2s1. The van der Waals surface area contributed by atoms with Crippen LogP contribution in [0, 0.1) is 12.8 Å². The number of fused-ring (bicyclic) bond motifs is 1. The van der Waals surface area contributed by atoms with Crippen LogP contribution in [-0.2, 0) is 9.84 Å². The first-order valence-electron chi connectivity index (χ1n) is 12.6. The molecule has 13 heteroatoms. The first-order chi connectivity index (χ1) is 17.7.